The van der Waals surface area contributed by atoms with Crippen molar-refractivity contribution in [3.8, 4) is 22.8 Å². The molecule has 0 radical (unpaired) electrons. The van der Waals surface area contributed by atoms with Gasteiger partial charge >= 0.3 is 6.03 Å². The molecule has 2 heterocycles. The molecule has 0 saturated carbocycles. The van der Waals surface area contributed by atoms with E-state index < -0.39 is 0 Å². The van der Waals surface area contributed by atoms with Gasteiger partial charge in [-0.1, -0.05) is 12.1 Å². The highest BCUT2D eigenvalue weighted by Gasteiger charge is 2.09. The van der Waals surface area contributed by atoms with Gasteiger partial charge in [0.1, 0.15) is 0 Å². The molecule has 0 aliphatic heterocycles. The molecule has 2 amide bonds. The van der Waals surface area contributed by atoms with E-state index in [-0.39, 0.29) is 6.03 Å². The highest BCUT2D eigenvalue weighted by molar-refractivity contribution is 5.74. The molecule has 3 aromatic rings. The van der Waals surface area contributed by atoms with Gasteiger partial charge in [-0.05, 0) is 41.5 Å². The maximum Gasteiger partial charge on any atom is 0.315 e. The first kappa shape index (κ1) is 19.2. The highest BCUT2D eigenvalue weighted by atomic mass is 16.5. The lowest BCUT2D eigenvalue weighted by Gasteiger charge is -2.12. The number of rotatable bonds is 7. The number of methoxy groups -OCH3 is 2. The topological polar surface area (TPSA) is 85.4 Å². The van der Waals surface area contributed by atoms with Gasteiger partial charge in [-0.15, -0.1) is 0 Å². The van der Waals surface area contributed by atoms with Crippen LogP contribution in [0.4, 0.5) is 4.79 Å². The standard InChI is InChI=1S/C21H22N4O3/c1-27-18-6-5-15(12-19(18)28-2)13-24-21(26)25-14-17-4-3-9-23-20(17)16-7-10-22-11-8-16/h3-12H,13-14H2,1-2H3,(H2,24,25,26). The molecule has 0 fully saturated rings. The van der Waals surface area contributed by atoms with Crippen LogP contribution in [0.25, 0.3) is 11.3 Å². The van der Waals surface area contributed by atoms with E-state index >= 15 is 0 Å². The molecule has 7 nitrogen and oxygen atoms in total. The van der Waals surface area contributed by atoms with E-state index in [9.17, 15) is 4.79 Å². The second-order valence-corrected chi connectivity index (χ2v) is 5.97. The molecular formula is C21H22N4O3. The van der Waals surface area contributed by atoms with Crippen LogP contribution in [0.2, 0.25) is 0 Å². The number of pyridine rings is 2. The predicted molar refractivity (Wildman–Crippen MR) is 106 cm³/mol. The largest absolute Gasteiger partial charge is 0.493 e. The summed E-state index contributed by atoms with van der Waals surface area (Å²) in [7, 11) is 3.16. The van der Waals surface area contributed by atoms with Gasteiger partial charge in [0.25, 0.3) is 0 Å². The molecule has 0 aliphatic carbocycles. The fourth-order valence-corrected chi connectivity index (χ4v) is 2.76. The van der Waals surface area contributed by atoms with E-state index in [1.807, 2.05) is 42.5 Å². The lowest BCUT2D eigenvalue weighted by atomic mass is 10.1. The number of nitrogens with one attached hydrogen (secondary N) is 2. The number of hydrogen-bond donors (Lipinski definition) is 2. The molecule has 1 aromatic carbocycles. The molecule has 144 valence electrons. The summed E-state index contributed by atoms with van der Waals surface area (Å²) in [6, 6.07) is 12.8. The average Bonchev–Trinajstić information content (AvgIpc) is 2.76. The zero-order valence-corrected chi connectivity index (χ0v) is 15.8. The van der Waals surface area contributed by atoms with E-state index in [4.69, 9.17) is 9.47 Å². The maximum absolute atomic E-state index is 12.2. The second-order valence-electron chi connectivity index (χ2n) is 5.97. The third-order valence-electron chi connectivity index (χ3n) is 4.19. The molecule has 0 saturated heterocycles. The Bertz CT molecular complexity index is 932. The monoisotopic (exact) mass is 378 g/mol. The van der Waals surface area contributed by atoms with Gasteiger partial charge < -0.3 is 20.1 Å². The van der Waals surface area contributed by atoms with Crippen LogP contribution in [0.3, 0.4) is 0 Å². The smallest absolute Gasteiger partial charge is 0.315 e. The number of hydrogen-bond acceptors (Lipinski definition) is 5. The van der Waals surface area contributed by atoms with E-state index in [0.717, 1.165) is 22.4 Å². The summed E-state index contributed by atoms with van der Waals surface area (Å²) in [6.45, 7) is 0.736. The quantitative estimate of drug-likeness (QED) is 0.660. The molecule has 2 aromatic heterocycles. The Labute approximate surface area is 163 Å². The highest BCUT2D eigenvalue weighted by Crippen LogP contribution is 2.27. The van der Waals surface area contributed by atoms with Crippen molar-refractivity contribution in [1.82, 2.24) is 20.6 Å². The summed E-state index contributed by atoms with van der Waals surface area (Å²) in [4.78, 5) is 20.7. The summed E-state index contributed by atoms with van der Waals surface area (Å²) in [5.74, 6) is 1.27. The number of amides is 2. The molecule has 0 aliphatic rings. The van der Waals surface area contributed by atoms with Gasteiger partial charge in [-0.3, -0.25) is 9.97 Å². The van der Waals surface area contributed by atoms with Crippen LogP contribution in [0.5, 0.6) is 11.5 Å². The van der Waals surface area contributed by atoms with Crippen molar-refractivity contribution in [2.24, 2.45) is 0 Å². The average molecular weight is 378 g/mol. The number of nitrogens with zero attached hydrogens (tertiary/aromatic N) is 2. The molecule has 0 unspecified atom stereocenters. The van der Waals surface area contributed by atoms with Crippen molar-refractivity contribution >= 4 is 6.03 Å². The third-order valence-corrected chi connectivity index (χ3v) is 4.19. The number of aromatic nitrogens is 2. The van der Waals surface area contributed by atoms with E-state index in [2.05, 4.69) is 20.6 Å². The summed E-state index contributed by atoms with van der Waals surface area (Å²) in [6.07, 6.45) is 5.17. The normalized spacial score (nSPS) is 10.2. The lowest BCUT2D eigenvalue weighted by molar-refractivity contribution is 0.240. The van der Waals surface area contributed by atoms with Crippen molar-refractivity contribution in [3.05, 3.63) is 72.2 Å². The SMILES string of the molecule is COc1ccc(CNC(=O)NCc2cccnc2-c2ccncc2)cc1OC. The molecule has 0 atom stereocenters. The van der Waals surface area contributed by atoms with Crippen molar-refractivity contribution in [2.75, 3.05) is 14.2 Å². The minimum absolute atomic E-state index is 0.265. The first-order valence-electron chi connectivity index (χ1n) is 8.78. The minimum Gasteiger partial charge on any atom is -0.493 e. The van der Waals surface area contributed by atoms with Crippen LogP contribution >= 0.6 is 0 Å². The Hall–Kier alpha value is -3.61. The number of benzene rings is 1. The summed E-state index contributed by atoms with van der Waals surface area (Å²) in [5, 5.41) is 5.71. The second kappa shape index (κ2) is 9.36. The van der Waals surface area contributed by atoms with Crippen molar-refractivity contribution in [3.63, 3.8) is 0 Å². The summed E-state index contributed by atoms with van der Waals surface area (Å²) >= 11 is 0. The van der Waals surface area contributed by atoms with Gasteiger partial charge in [-0.25, -0.2) is 4.79 Å². The molecule has 3 rings (SSSR count). The van der Waals surface area contributed by atoms with Crippen LogP contribution < -0.4 is 20.1 Å². The fraction of sp³-hybridized carbons (Fsp3) is 0.190. The molecule has 2 N–H and O–H groups in total. The number of ether oxygens (including phenoxy) is 2. The number of carbonyl (C=O) groups excluding carboxylic acids is 1. The third kappa shape index (κ3) is 4.76. The lowest BCUT2D eigenvalue weighted by Crippen LogP contribution is -2.34. The first-order valence-corrected chi connectivity index (χ1v) is 8.78. The fourth-order valence-electron chi connectivity index (χ4n) is 2.76. The molecule has 0 spiro atoms. The zero-order chi connectivity index (χ0) is 19.8. The van der Waals surface area contributed by atoms with E-state index in [1.165, 1.54) is 0 Å². The Kier molecular flexibility index (Phi) is 6.41. The Balaban J connectivity index is 1.58. The zero-order valence-electron chi connectivity index (χ0n) is 15.8. The number of urea groups is 1. The van der Waals surface area contributed by atoms with E-state index in [0.29, 0.717) is 24.6 Å². The summed E-state index contributed by atoms with van der Waals surface area (Å²) in [5.41, 5.74) is 3.62. The molecule has 0 bridgehead atoms. The van der Waals surface area contributed by atoms with Gasteiger partial charge in [0.2, 0.25) is 0 Å². The Morgan fingerprint density at radius 3 is 2.43 bits per heavy atom. The summed E-state index contributed by atoms with van der Waals surface area (Å²) < 4.78 is 10.5. The van der Waals surface area contributed by atoms with Crippen LogP contribution in [-0.4, -0.2) is 30.2 Å². The van der Waals surface area contributed by atoms with Crippen molar-refractivity contribution < 1.29 is 14.3 Å². The van der Waals surface area contributed by atoms with Crippen LogP contribution in [-0.2, 0) is 13.1 Å². The van der Waals surface area contributed by atoms with E-state index in [1.54, 1.807) is 32.8 Å². The van der Waals surface area contributed by atoms with Gasteiger partial charge in [-0.2, -0.15) is 0 Å². The van der Waals surface area contributed by atoms with Crippen LogP contribution in [0.1, 0.15) is 11.1 Å². The van der Waals surface area contributed by atoms with Crippen molar-refractivity contribution in [2.45, 2.75) is 13.1 Å². The predicted octanol–water partition coefficient (Wildman–Crippen LogP) is 3.16. The first-order chi connectivity index (χ1) is 13.7. The Morgan fingerprint density at radius 2 is 1.68 bits per heavy atom. The van der Waals surface area contributed by atoms with Gasteiger partial charge in [0.15, 0.2) is 11.5 Å². The van der Waals surface area contributed by atoms with Gasteiger partial charge in [0, 0.05) is 37.2 Å². The minimum atomic E-state index is -0.265. The molecule has 28 heavy (non-hydrogen) atoms. The van der Waals surface area contributed by atoms with Crippen molar-refractivity contribution in [1.29, 1.82) is 0 Å². The van der Waals surface area contributed by atoms with Gasteiger partial charge in [0.05, 0.1) is 19.9 Å². The molecular weight excluding hydrogens is 356 g/mol. The Morgan fingerprint density at radius 1 is 0.929 bits per heavy atom. The molecule has 7 heteroatoms. The maximum atomic E-state index is 12.2. The number of carbonyl (C=O) groups is 1. The van der Waals surface area contributed by atoms with Crippen LogP contribution in [0, 0.1) is 0 Å². The van der Waals surface area contributed by atoms with Crippen LogP contribution in [0.15, 0.2) is 61.1 Å².